The molecule has 0 unspecified atom stereocenters. The van der Waals surface area contributed by atoms with Crippen molar-refractivity contribution in [3.8, 4) is 0 Å². The first-order chi connectivity index (χ1) is 11.2. The van der Waals surface area contributed by atoms with E-state index in [1.807, 2.05) is 29.3 Å². The minimum atomic E-state index is 0.949. The van der Waals surface area contributed by atoms with Crippen LogP contribution in [0.1, 0.15) is 21.7 Å². The van der Waals surface area contributed by atoms with Gasteiger partial charge in [-0.3, -0.25) is 9.58 Å². The highest BCUT2D eigenvalue weighted by Crippen LogP contribution is 2.16. The lowest BCUT2D eigenvalue weighted by Gasteiger charge is -2.21. The third kappa shape index (κ3) is 4.30. The normalized spacial score (nSPS) is 11.3. The average Bonchev–Trinajstić information content (AvgIpc) is 3.19. The van der Waals surface area contributed by atoms with E-state index in [0.29, 0.717) is 0 Å². The summed E-state index contributed by atoms with van der Waals surface area (Å²) in [5, 5.41) is 6.53. The van der Waals surface area contributed by atoms with Gasteiger partial charge in [0.2, 0.25) is 0 Å². The van der Waals surface area contributed by atoms with Crippen LogP contribution in [0.2, 0.25) is 0 Å². The van der Waals surface area contributed by atoms with Crippen LogP contribution in [0, 0.1) is 6.92 Å². The zero-order valence-corrected chi connectivity index (χ0v) is 14.6. The third-order valence-corrected chi connectivity index (χ3v) is 5.11. The molecule has 2 heterocycles. The molecule has 0 atom stereocenters. The van der Waals surface area contributed by atoms with E-state index < -0.39 is 0 Å². The monoisotopic (exact) mass is 325 g/mol. The molecule has 3 nitrogen and oxygen atoms in total. The van der Waals surface area contributed by atoms with Crippen molar-refractivity contribution in [1.82, 2.24) is 14.7 Å². The van der Waals surface area contributed by atoms with Crippen molar-refractivity contribution in [3.05, 3.63) is 75.7 Å². The van der Waals surface area contributed by atoms with Crippen molar-refractivity contribution in [2.45, 2.75) is 26.4 Å². The molecule has 0 aliphatic rings. The molecule has 0 bridgehead atoms. The number of thiophene rings is 1. The quantitative estimate of drug-likeness (QED) is 0.654. The van der Waals surface area contributed by atoms with Gasteiger partial charge in [0.15, 0.2) is 0 Å². The minimum absolute atomic E-state index is 0.949. The van der Waals surface area contributed by atoms with E-state index in [1.54, 1.807) is 0 Å². The Morgan fingerprint density at radius 1 is 1.09 bits per heavy atom. The van der Waals surface area contributed by atoms with Crippen LogP contribution in [0.3, 0.4) is 0 Å². The third-order valence-electron chi connectivity index (χ3n) is 4.25. The molecule has 0 radical (unpaired) electrons. The number of aryl methyl sites for hydroxylation is 1. The zero-order chi connectivity index (χ0) is 16.1. The van der Waals surface area contributed by atoms with E-state index >= 15 is 0 Å². The van der Waals surface area contributed by atoms with Crippen LogP contribution < -0.4 is 0 Å². The van der Waals surface area contributed by atoms with E-state index in [2.05, 4.69) is 64.8 Å². The summed E-state index contributed by atoms with van der Waals surface area (Å²) in [7, 11) is 2.01. The van der Waals surface area contributed by atoms with Gasteiger partial charge < -0.3 is 0 Å². The van der Waals surface area contributed by atoms with Gasteiger partial charge in [-0.1, -0.05) is 36.4 Å². The van der Waals surface area contributed by atoms with Crippen molar-refractivity contribution in [2.75, 3.05) is 6.54 Å². The summed E-state index contributed by atoms with van der Waals surface area (Å²) in [6.07, 6.45) is 3.07. The predicted octanol–water partition coefficient (Wildman–Crippen LogP) is 4.03. The molecule has 1 aromatic carbocycles. The number of aromatic nitrogens is 2. The SMILES string of the molecule is Cc1c(CN(CCc2ccccc2)Cc2cccs2)cnn1C. The highest BCUT2D eigenvalue weighted by molar-refractivity contribution is 7.09. The first-order valence-electron chi connectivity index (χ1n) is 7.98. The van der Waals surface area contributed by atoms with Gasteiger partial charge in [0.25, 0.3) is 0 Å². The Hall–Kier alpha value is -1.91. The van der Waals surface area contributed by atoms with Crippen LogP contribution in [0.4, 0.5) is 0 Å². The van der Waals surface area contributed by atoms with Crippen molar-refractivity contribution >= 4 is 11.3 Å². The summed E-state index contributed by atoms with van der Waals surface area (Å²) in [4.78, 5) is 3.93. The number of nitrogens with zero attached hydrogens (tertiary/aromatic N) is 3. The largest absolute Gasteiger partial charge is 0.294 e. The maximum atomic E-state index is 4.38. The Morgan fingerprint density at radius 3 is 2.57 bits per heavy atom. The maximum absolute atomic E-state index is 4.38. The lowest BCUT2D eigenvalue weighted by atomic mass is 10.1. The van der Waals surface area contributed by atoms with Gasteiger partial charge in [-0.05, 0) is 30.4 Å². The molecule has 0 amide bonds. The van der Waals surface area contributed by atoms with Gasteiger partial charge in [-0.2, -0.15) is 5.10 Å². The van der Waals surface area contributed by atoms with Crippen molar-refractivity contribution < 1.29 is 0 Å². The molecular formula is C19H23N3S. The van der Waals surface area contributed by atoms with Crippen LogP contribution in [-0.2, 0) is 26.6 Å². The predicted molar refractivity (Wildman–Crippen MR) is 96.5 cm³/mol. The Balaban J connectivity index is 1.69. The van der Waals surface area contributed by atoms with E-state index in [0.717, 1.165) is 26.1 Å². The number of rotatable bonds is 7. The first kappa shape index (κ1) is 16.0. The molecular weight excluding hydrogens is 302 g/mol. The van der Waals surface area contributed by atoms with Gasteiger partial charge in [0, 0.05) is 42.8 Å². The number of benzene rings is 1. The Morgan fingerprint density at radius 2 is 1.91 bits per heavy atom. The fourth-order valence-electron chi connectivity index (χ4n) is 2.71. The summed E-state index contributed by atoms with van der Waals surface area (Å²) in [6.45, 7) is 5.14. The molecule has 120 valence electrons. The highest BCUT2D eigenvalue weighted by Gasteiger charge is 2.12. The van der Waals surface area contributed by atoms with Crippen LogP contribution in [0.5, 0.6) is 0 Å². The topological polar surface area (TPSA) is 21.1 Å². The van der Waals surface area contributed by atoms with E-state index in [-0.39, 0.29) is 0 Å². The van der Waals surface area contributed by atoms with Crippen molar-refractivity contribution in [3.63, 3.8) is 0 Å². The van der Waals surface area contributed by atoms with Gasteiger partial charge in [0.05, 0.1) is 6.20 Å². The van der Waals surface area contributed by atoms with E-state index in [1.165, 1.54) is 21.7 Å². The smallest absolute Gasteiger partial charge is 0.0537 e. The molecule has 0 spiro atoms. The second-order valence-electron chi connectivity index (χ2n) is 5.90. The average molecular weight is 325 g/mol. The molecule has 3 aromatic rings. The first-order valence-corrected chi connectivity index (χ1v) is 8.86. The summed E-state index contributed by atoms with van der Waals surface area (Å²) in [6, 6.07) is 15.1. The lowest BCUT2D eigenvalue weighted by molar-refractivity contribution is 0.262. The lowest BCUT2D eigenvalue weighted by Crippen LogP contribution is -2.25. The highest BCUT2D eigenvalue weighted by atomic mass is 32.1. The van der Waals surface area contributed by atoms with Crippen LogP contribution in [0.15, 0.2) is 54.0 Å². The van der Waals surface area contributed by atoms with Crippen LogP contribution in [0.25, 0.3) is 0 Å². The fraction of sp³-hybridized carbons (Fsp3) is 0.316. The van der Waals surface area contributed by atoms with Crippen LogP contribution >= 0.6 is 11.3 Å². The molecule has 2 aromatic heterocycles. The summed E-state index contributed by atoms with van der Waals surface area (Å²) >= 11 is 1.83. The van der Waals surface area contributed by atoms with E-state index in [4.69, 9.17) is 0 Å². The molecule has 23 heavy (non-hydrogen) atoms. The molecule has 0 aliphatic heterocycles. The maximum Gasteiger partial charge on any atom is 0.0537 e. The standard InChI is InChI=1S/C19H23N3S/c1-16-18(13-20-21(16)2)14-22(15-19-9-6-12-23-19)11-10-17-7-4-3-5-8-17/h3-9,12-13H,10-11,14-15H2,1-2H3. The zero-order valence-electron chi connectivity index (χ0n) is 13.8. The molecule has 0 aliphatic carbocycles. The molecule has 0 saturated carbocycles. The second kappa shape index (κ2) is 7.57. The number of hydrogen-bond acceptors (Lipinski definition) is 3. The summed E-state index contributed by atoms with van der Waals surface area (Å²) in [5.74, 6) is 0. The molecule has 0 saturated heterocycles. The van der Waals surface area contributed by atoms with Gasteiger partial charge in [0.1, 0.15) is 0 Å². The molecule has 3 rings (SSSR count). The van der Waals surface area contributed by atoms with Crippen molar-refractivity contribution in [1.29, 1.82) is 0 Å². The Kier molecular flexibility index (Phi) is 5.26. The Bertz CT molecular complexity index is 716. The van der Waals surface area contributed by atoms with Gasteiger partial charge in [-0.25, -0.2) is 0 Å². The molecule has 0 fully saturated rings. The van der Waals surface area contributed by atoms with Gasteiger partial charge >= 0.3 is 0 Å². The summed E-state index contributed by atoms with van der Waals surface area (Å²) in [5.41, 5.74) is 3.96. The molecule has 0 N–H and O–H groups in total. The van der Waals surface area contributed by atoms with E-state index in [9.17, 15) is 0 Å². The van der Waals surface area contributed by atoms with Crippen molar-refractivity contribution in [2.24, 2.45) is 7.05 Å². The fourth-order valence-corrected chi connectivity index (χ4v) is 3.46. The van der Waals surface area contributed by atoms with Crippen LogP contribution in [-0.4, -0.2) is 21.2 Å². The Labute approximate surface area is 142 Å². The number of hydrogen-bond donors (Lipinski definition) is 0. The summed E-state index contributed by atoms with van der Waals surface area (Å²) < 4.78 is 1.95. The van der Waals surface area contributed by atoms with Gasteiger partial charge in [-0.15, -0.1) is 11.3 Å². The minimum Gasteiger partial charge on any atom is -0.294 e. The molecule has 4 heteroatoms. The second-order valence-corrected chi connectivity index (χ2v) is 6.94.